The summed E-state index contributed by atoms with van der Waals surface area (Å²) in [7, 11) is 1.69. The molecule has 1 fully saturated rings. The number of piperidine rings is 1. The summed E-state index contributed by atoms with van der Waals surface area (Å²) in [6.07, 6.45) is 5.56. The van der Waals surface area contributed by atoms with Crippen molar-refractivity contribution in [1.29, 1.82) is 0 Å². The van der Waals surface area contributed by atoms with Gasteiger partial charge in [-0.15, -0.1) is 10.2 Å². The van der Waals surface area contributed by atoms with E-state index < -0.39 is 0 Å². The third-order valence-corrected chi connectivity index (χ3v) is 5.04. The number of benzene rings is 1. The summed E-state index contributed by atoms with van der Waals surface area (Å²) in [6.45, 7) is 2.03. The fourth-order valence-corrected chi connectivity index (χ4v) is 3.78. The highest BCUT2D eigenvalue weighted by Gasteiger charge is 2.22. The van der Waals surface area contributed by atoms with Crippen LogP contribution in [0.15, 0.2) is 41.0 Å². The van der Waals surface area contributed by atoms with Crippen molar-refractivity contribution in [2.24, 2.45) is 0 Å². The molecule has 0 atom stereocenters. The van der Waals surface area contributed by atoms with Crippen molar-refractivity contribution in [3.05, 3.63) is 35.9 Å². The van der Waals surface area contributed by atoms with E-state index in [9.17, 15) is 0 Å². The van der Waals surface area contributed by atoms with Gasteiger partial charge in [0.15, 0.2) is 5.16 Å². The molecular formula is C17H21ClN4OS. The summed E-state index contributed by atoms with van der Waals surface area (Å²) < 4.78 is 7.65. The first-order chi connectivity index (χ1) is 11.8. The lowest BCUT2D eigenvalue weighted by molar-refractivity contribution is 0.412. The van der Waals surface area contributed by atoms with Crippen molar-refractivity contribution >= 4 is 29.3 Å². The number of halogens is 1. The molecule has 128 valence electrons. The van der Waals surface area contributed by atoms with E-state index in [1.54, 1.807) is 18.9 Å². The molecule has 1 aromatic carbocycles. The van der Waals surface area contributed by atoms with Gasteiger partial charge in [-0.3, -0.25) is 4.57 Å². The van der Waals surface area contributed by atoms with E-state index in [0.29, 0.717) is 0 Å². The van der Waals surface area contributed by atoms with E-state index in [-0.39, 0.29) is 0 Å². The molecule has 1 aliphatic heterocycles. The van der Waals surface area contributed by atoms with Gasteiger partial charge in [-0.25, -0.2) is 0 Å². The van der Waals surface area contributed by atoms with Crippen LogP contribution in [0.4, 0.5) is 5.95 Å². The number of anilines is 1. The van der Waals surface area contributed by atoms with Crippen molar-refractivity contribution in [2.75, 3.05) is 30.9 Å². The molecule has 1 aromatic heterocycles. The molecule has 7 heteroatoms. The molecule has 0 spiro atoms. The summed E-state index contributed by atoms with van der Waals surface area (Å²) in [4.78, 5) is 2.31. The molecule has 0 unspecified atom stereocenters. The van der Waals surface area contributed by atoms with Gasteiger partial charge in [0, 0.05) is 24.4 Å². The Bertz CT molecular complexity index is 698. The Kier molecular flexibility index (Phi) is 6.04. The minimum atomic E-state index is 0.747. The predicted octanol–water partition coefficient (Wildman–Crippen LogP) is 4.11. The first kappa shape index (κ1) is 17.2. The Balaban J connectivity index is 2.03. The highest BCUT2D eigenvalue weighted by molar-refractivity contribution is 7.99. The second kappa shape index (κ2) is 8.44. The SMILES string of the molecule is COc1ccccc1-n1c(SC/C=C/Cl)nnc1N1CCCCC1. The fraction of sp³-hybridized carbons (Fsp3) is 0.412. The van der Waals surface area contributed by atoms with Gasteiger partial charge in [-0.1, -0.05) is 41.6 Å². The molecular weight excluding hydrogens is 344 g/mol. The van der Waals surface area contributed by atoms with Crippen LogP contribution < -0.4 is 9.64 Å². The zero-order valence-corrected chi connectivity index (χ0v) is 15.3. The Morgan fingerprint density at radius 3 is 2.75 bits per heavy atom. The quantitative estimate of drug-likeness (QED) is 0.721. The van der Waals surface area contributed by atoms with Gasteiger partial charge >= 0.3 is 0 Å². The van der Waals surface area contributed by atoms with Crippen LogP contribution in [0.5, 0.6) is 5.75 Å². The Hall–Kier alpha value is -1.66. The van der Waals surface area contributed by atoms with Crippen molar-refractivity contribution in [3.8, 4) is 11.4 Å². The molecule has 0 saturated carbocycles. The average Bonchev–Trinajstić information content (AvgIpc) is 3.06. The maximum Gasteiger partial charge on any atom is 0.232 e. The molecule has 0 radical (unpaired) electrons. The Morgan fingerprint density at radius 1 is 1.21 bits per heavy atom. The van der Waals surface area contributed by atoms with Gasteiger partial charge < -0.3 is 9.64 Å². The lowest BCUT2D eigenvalue weighted by Crippen LogP contribution is -2.31. The number of methoxy groups -OCH3 is 1. The van der Waals surface area contributed by atoms with Crippen LogP contribution in [0.1, 0.15) is 19.3 Å². The molecule has 2 heterocycles. The molecule has 2 aromatic rings. The average molecular weight is 365 g/mol. The summed E-state index contributed by atoms with van der Waals surface area (Å²) in [6, 6.07) is 7.97. The van der Waals surface area contributed by atoms with Crippen LogP contribution in [-0.4, -0.2) is 40.7 Å². The van der Waals surface area contributed by atoms with E-state index >= 15 is 0 Å². The second-order valence-corrected chi connectivity index (χ2v) is 6.75. The first-order valence-electron chi connectivity index (χ1n) is 8.07. The number of ether oxygens (including phenoxy) is 1. The van der Waals surface area contributed by atoms with E-state index in [4.69, 9.17) is 16.3 Å². The molecule has 0 bridgehead atoms. The van der Waals surface area contributed by atoms with Gasteiger partial charge in [0.05, 0.1) is 12.8 Å². The highest BCUT2D eigenvalue weighted by atomic mass is 35.5. The smallest absolute Gasteiger partial charge is 0.232 e. The monoisotopic (exact) mass is 364 g/mol. The van der Waals surface area contributed by atoms with Crippen LogP contribution >= 0.6 is 23.4 Å². The number of hydrogen-bond donors (Lipinski definition) is 0. The summed E-state index contributed by atoms with van der Waals surface area (Å²) in [5, 5.41) is 9.73. The molecule has 0 aliphatic carbocycles. The number of para-hydroxylation sites is 2. The fourth-order valence-electron chi connectivity index (χ4n) is 2.84. The summed E-state index contributed by atoms with van der Waals surface area (Å²) in [5.41, 5.74) is 2.49. The third-order valence-electron chi connectivity index (χ3n) is 3.98. The minimum absolute atomic E-state index is 0.747. The predicted molar refractivity (Wildman–Crippen MR) is 99.7 cm³/mol. The van der Waals surface area contributed by atoms with Crippen LogP contribution in [-0.2, 0) is 0 Å². The van der Waals surface area contributed by atoms with Crippen molar-refractivity contribution < 1.29 is 4.74 Å². The molecule has 3 rings (SSSR count). The molecule has 0 N–H and O–H groups in total. The number of rotatable bonds is 6. The molecule has 5 nitrogen and oxygen atoms in total. The zero-order valence-electron chi connectivity index (χ0n) is 13.7. The Morgan fingerprint density at radius 2 is 2.00 bits per heavy atom. The maximum atomic E-state index is 5.63. The largest absolute Gasteiger partial charge is 0.495 e. The number of aromatic nitrogens is 3. The molecule has 1 aliphatic rings. The number of nitrogens with zero attached hydrogens (tertiary/aromatic N) is 4. The lowest BCUT2D eigenvalue weighted by Gasteiger charge is -2.28. The van der Waals surface area contributed by atoms with E-state index in [2.05, 4.69) is 19.7 Å². The van der Waals surface area contributed by atoms with Crippen LogP contribution in [0.2, 0.25) is 0 Å². The normalized spacial score (nSPS) is 15.2. The zero-order chi connectivity index (χ0) is 16.8. The van der Waals surface area contributed by atoms with Crippen LogP contribution in [0.25, 0.3) is 5.69 Å². The van der Waals surface area contributed by atoms with E-state index in [0.717, 1.165) is 41.4 Å². The number of thioether (sulfide) groups is 1. The standard InChI is InChI=1S/C17H21ClN4OS/c1-23-15-9-4-3-8-14(15)22-16(21-11-5-2-6-12-21)19-20-17(22)24-13-7-10-18/h3-4,7-10H,2,5-6,11-13H2,1H3/b10-7+. The number of hydrogen-bond acceptors (Lipinski definition) is 5. The third kappa shape index (κ3) is 3.70. The highest BCUT2D eigenvalue weighted by Crippen LogP contribution is 2.32. The van der Waals surface area contributed by atoms with Gasteiger partial charge in [0.2, 0.25) is 5.95 Å². The van der Waals surface area contributed by atoms with Crippen LogP contribution in [0.3, 0.4) is 0 Å². The lowest BCUT2D eigenvalue weighted by atomic mass is 10.1. The Labute approximate surface area is 151 Å². The molecule has 0 amide bonds. The van der Waals surface area contributed by atoms with E-state index in [1.807, 2.05) is 30.3 Å². The van der Waals surface area contributed by atoms with Crippen molar-refractivity contribution in [2.45, 2.75) is 24.4 Å². The van der Waals surface area contributed by atoms with Gasteiger partial charge in [0.25, 0.3) is 0 Å². The first-order valence-corrected chi connectivity index (χ1v) is 9.49. The van der Waals surface area contributed by atoms with E-state index in [1.165, 1.54) is 24.8 Å². The summed E-state index contributed by atoms with van der Waals surface area (Å²) in [5.74, 6) is 2.44. The topological polar surface area (TPSA) is 43.2 Å². The maximum absolute atomic E-state index is 5.63. The van der Waals surface area contributed by atoms with Gasteiger partial charge in [-0.05, 0) is 31.4 Å². The minimum Gasteiger partial charge on any atom is -0.495 e. The van der Waals surface area contributed by atoms with Crippen molar-refractivity contribution in [3.63, 3.8) is 0 Å². The second-order valence-electron chi connectivity index (χ2n) is 5.51. The summed E-state index contributed by atoms with van der Waals surface area (Å²) >= 11 is 7.24. The van der Waals surface area contributed by atoms with Crippen molar-refractivity contribution in [1.82, 2.24) is 14.8 Å². The van der Waals surface area contributed by atoms with Gasteiger partial charge in [-0.2, -0.15) is 0 Å². The van der Waals surface area contributed by atoms with Gasteiger partial charge in [0.1, 0.15) is 5.75 Å². The molecule has 24 heavy (non-hydrogen) atoms. The molecule has 1 saturated heterocycles. The van der Waals surface area contributed by atoms with Crippen LogP contribution in [0, 0.1) is 0 Å².